The Morgan fingerprint density at radius 3 is 2.54 bits per heavy atom. The predicted octanol–water partition coefficient (Wildman–Crippen LogP) is 2.01. The Hall–Kier alpha value is -1.39. The summed E-state index contributed by atoms with van der Waals surface area (Å²) < 4.78 is 10.9. The van der Waals surface area contributed by atoms with Crippen LogP contribution in [0.4, 0.5) is 0 Å². The summed E-state index contributed by atoms with van der Waals surface area (Å²) in [7, 11) is 3.45. The molecule has 8 heteroatoms. The number of hydrogen-bond donors (Lipinski definition) is 2. The number of hydrogen-bond acceptors (Lipinski definition) is 4. The van der Waals surface area contributed by atoms with Crippen LogP contribution in [0.1, 0.15) is 24.8 Å². The molecule has 0 unspecified atom stereocenters. The van der Waals surface area contributed by atoms with Gasteiger partial charge in [0.15, 0.2) is 5.96 Å². The van der Waals surface area contributed by atoms with E-state index in [0.717, 1.165) is 57.1 Å². The first-order valence-corrected chi connectivity index (χ1v) is 9.59. The Kier molecular flexibility index (Phi) is 12.8. The third-order valence-electron chi connectivity index (χ3n) is 4.54. The molecule has 1 saturated heterocycles. The fourth-order valence-electron chi connectivity index (χ4n) is 3.04. The zero-order valence-corrected chi connectivity index (χ0v) is 19.2. The Balaban J connectivity index is 0.00000392. The maximum Gasteiger partial charge on any atom is 0.239 e. The first-order valence-electron chi connectivity index (χ1n) is 9.59. The third kappa shape index (κ3) is 9.20. The number of carbonyl (C=O) groups excluding carboxylic acids is 1. The normalized spacial score (nSPS) is 15.1. The van der Waals surface area contributed by atoms with Crippen LogP contribution in [0.5, 0.6) is 0 Å². The first-order chi connectivity index (χ1) is 13.2. The molecule has 7 nitrogen and oxygen atoms in total. The Morgan fingerprint density at radius 1 is 1.18 bits per heavy atom. The second-order valence-corrected chi connectivity index (χ2v) is 6.57. The van der Waals surface area contributed by atoms with Crippen molar-refractivity contribution in [3.8, 4) is 0 Å². The Bertz CT molecular complexity index is 578. The number of halogens is 1. The summed E-state index contributed by atoms with van der Waals surface area (Å²) in [4.78, 5) is 18.6. The molecule has 0 radical (unpaired) electrons. The van der Waals surface area contributed by atoms with Crippen molar-refractivity contribution in [1.82, 2.24) is 15.5 Å². The highest BCUT2D eigenvalue weighted by atomic mass is 127. The molecule has 1 amide bonds. The van der Waals surface area contributed by atoms with Gasteiger partial charge in [-0.05, 0) is 24.8 Å². The minimum atomic E-state index is -0.0450. The van der Waals surface area contributed by atoms with Crippen LogP contribution in [0.3, 0.4) is 0 Å². The molecule has 1 aromatic rings. The van der Waals surface area contributed by atoms with E-state index < -0.39 is 0 Å². The zero-order valence-electron chi connectivity index (χ0n) is 16.9. The lowest BCUT2D eigenvalue weighted by molar-refractivity contribution is -0.120. The second kappa shape index (κ2) is 14.6. The molecule has 0 spiro atoms. The molecule has 1 heterocycles. The summed E-state index contributed by atoms with van der Waals surface area (Å²) in [6, 6.07) is 9.88. The van der Waals surface area contributed by atoms with E-state index in [0.29, 0.717) is 12.6 Å². The quantitative estimate of drug-likeness (QED) is 0.233. The van der Waals surface area contributed by atoms with Gasteiger partial charge >= 0.3 is 0 Å². The Labute approximate surface area is 185 Å². The summed E-state index contributed by atoms with van der Waals surface area (Å²) in [5.41, 5.74) is 1.09. The lowest BCUT2D eigenvalue weighted by Gasteiger charge is -2.34. The topological polar surface area (TPSA) is 75.2 Å². The molecule has 1 fully saturated rings. The molecule has 0 saturated carbocycles. The van der Waals surface area contributed by atoms with Crippen molar-refractivity contribution in [2.75, 3.05) is 47.0 Å². The SMILES string of the molecule is CN=C(NCC(=O)NCc1ccccc1)N1CCC(OCCCOC)CC1.I. The fraction of sp³-hybridized carbons (Fsp3) is 0.600. The van der Waals surface area contributed by atoms with Crippen LogP contribution >= 0.6 is 24.0 Å². The fourth-order valence-corrected chi connectivity index (χ4v) is 3.04. The number of benzene rings is 1. The highest BCUT2D eigenvalue weighted by molar-refractivity contribution is 14.0. The van der Waals surface area contributed by atoms with Gasteiger partial charge in [-0.3, -0.25) is 9.79 Å². The number of methoxy groups -OCH3 is 1. The zero-order chi connectivity index (χ0) is 19.3. The molecule has 1 aliphatic rings. The van der Waals surface area contributed by atoms with Gasteiger partial charge in [0.2, 0.25) is 5.91 Å². The number of nitrogens with one attached hydrogen (secondary N) is 2. The number of aliphatic imine (C=N–C) groups is 1. The van der Waals surface area contributed by atoms with E-state index in [9.17, 15) is 4.79 Å². The monoisotopic (exact) mass is 504 g/mol. The molecule has 0 aromatic heterocycles. The van der Waals surface area contributed by atoms with Crippen LogP contribution in [-0.4, -0.2) is 69.9 Å². The number of likely N-dealkylation sites (tertiary alicyclic amines) is 1. The summed E-state index contributed by atoms with van der Waals surface area (Å²) in [5.74, 6) is 0.721. The van der Waals surface area contributed by atoms with Crippen molar-refractivity contribution >= 4 is 35.8 Å². The van der Waals surface area contributed by atoms with Gasteiger partial charge in [-0.15, -0.1) is 24.0 Å². The molecule has 0 aliphatic carbocycles. The maximum absolute atomic E-state index is 12.1. The van der Waals surface area contributed by atoms with Crippen molar-refractivity contribution in [3.63, 3.8) is 0 Å². The van der Waals surface area contributed by atoms with Crippen LogP contribution in [0, 0.1) is 0 Å². The molecule has 1 aromatic carbocycles. The van der Waals surface area contributed by atoms with Gasteiger partial charge in [-0.25, -0.2) is 0 Å². The highest BCUT2D eigenvalue weighted by Gasteiger charge is 2.22. The van der Waals surface area contributed by atoms with Gasteiger partial charge < -0.3 is 25.0 Å². The van der Waals surface area contributed by atoms with Crippen LogP contribution in [0.25, 0.3) is 0 Å². The number of amides is 1. The van der Waals surface area contributed by atoms with E-state index in [1.165, 1.54) is 0 Å². The van der Waals surface area contributed by atoms with Gasteiger partial charge in [0.05, 0.1) is 12.6 Å². The van der Waals surface area contributed by atoms with E-state index in [1.807, 2.05) is 30.3 Å². The van der Waals surface area contributed by atoms with Gasteiger partial charge in [-0.1, -0.05) is 30.3 Å². The first kappa shape index (κ1) is 24.6. The van der Waals surface area contributed by atoms with E-state index in [1.54, 1.807) is 14.2 Å². The van der Waals surface area contributed by atoms with Crippen molar-refractivity contribution in [3.05, 3.63) is 35.9 Å². The number of ether oxygens (including phenoxy) is 2. The third-order valence-corrected chi connectivity index (χ3v) is 4.54. The molecule has 0 bridgehead atoms. The molecule has 2 N–H and O–H groups in total. The van der Waals surface area contributed by atoms with E-state index >= 15 is 0 Å². The minimum Gasteiger partial charge on any atom is -0.385 e. The largest absolute Gasteiger partial charge is 0.385 e. The van der Waals surface area contributed by atoms with Gasteiger partial charge in [-0.2, -0.15) is 0 Å². The van der Waals surface area contributed by atoms with Gasteiger partial charge in [0.25, 0.3) is 0 Å². The van der Waals surface area contributed by atoms with Gasteiger partial charge in [0.1, 0.15) is 0 Å². The summed E-state index contributed by atoms with van der Waals surface area (Å²) in [5, 5.41) is 6.07. The van der Waals surface area contributed by atoms with Crippen molar-refractivity contribution in [2.24, 2.45) is 4.99 Å². The number of rotatable bonds is 9. The Morgan fingerprint density at radius 2 is 1.89 bits per heavy atom. The molecule has 28 heavy (non-hydrogen) atoms. The molecular weight excluding hydrogens is 471 g/mol. The van der Waals surface area contributed by atoms with Crippen LogP contribution < -0.4 is 10.6 Å². The van der Waals surface area contributed by atoms with E-state index in [4.69, 9.17) is 9.47 Å². The second-order valence-electron chi connectivity index (χ2n) is 6.57. The van der Waals surface area contributed by atoms with Gasteiger partial charge in [0, 0.05) is 47.0 Å². The number of piperidine rings is 1. The minimum absolute atomic E-state index is 0. The van der Waals surface area contributed by atoms with Crippen LogP contribution in [0.15, 0.2) is 35.3 Å². The van der Waals surface area contributed by atoms with Crippen LogP contribution in [0.2, 0.25) is 0 Å². The van der Waals surface area contributed by atoms with Crippen LogP contribution in [-0.2, 0) is 20.8 Å². The lowest BCUT2D eigenvalue weighted by atomic mass is 10.1. The maximum atomic E-state index is 12.1. The number of carbonyl (C=O) groups is 1. The van der Waals surface area contributed by atoms with Crippen molar-refractivity contribution in [1.29, 1.82) is 0 Å². The molecule has 158 valence electrons. The van der Waals surface area contributed by atoms with Crippen molar-refractivity contribution in [2.45, 2.75) is 31.9 Å². The predicted molar refractivity (Wildman–Crippen MR) is 122 cm³/mol. The number of guanidine groups is 1. The highest BCUT2D eigenvalue weighted by Crippen LogP contribution is 2.14. The summed E-state index contributed by atoms with van der Waals surface area (Å²) in [6.07, 6.45) is 3.16. The molecule has 0 atom stereocenters. The average Bonchev–Trinajstić information content (AvgIpc) is 2.72. The summed E-state index contributed by atoms with van der Waals surface area (Å²) >= 11 is 0. The molecular formula is C20H33IN4O3. The van der Waals surface area contributed by atoms with Crippen molar-refractivity contribution < 1.29 is 14.3 Å². The smallest absolute Gasteiger partial charge is 0.239 e. The number of nitrogens with zero attached hydrogens (tertiary/aromatic N) is 2. The molecule has 2 rings (SSSR count). The standard InChI is InChI=1S/C20H32N4O3.HI/c1-21-20(23-16-19(25)22-15-17-7-4-3-5-8-17)24-11-9-18(10-12-24)27-14-6-13-26-2;/h3-5,7-8,18H,6,9-16H2,1-2H3,(H,21,23)(H,22,25);1H. The average molecular weight is 504 g/mol. The molecule has 1 aliphatic heterocycles. The lowest BCUT2D eigenvalue weighted by Crippen LogP contribution is -2.49. The van der Waals surface area contributed by atoms with E-state index in [2.05, 4.69) is 20.5 Å². The summed E-state index contributed by atoms with van der Waals surface area (Å²) in [6.45, 7) is 3.98. The van der Waals surface area contributed by atoms with E-state index in [-0.39, 0.29) is 36.4 Å².